The first kappa shape index (κ1) is 16.3. The fourth-order valence-corrected chi connectivity index (χ4v) is 4.56. The van der Waals surface area contributed by atoms with E-state index in [9.17, 15) is 17.6 Å². The Labute approximate surface area is 148 Å². The van der Waals surface area contributed by atoms with Crippen LogP contribution in [-0.4, -0.2) is 25.7 Å². The molecule has 25 heavy (non-hydrogen) atoms. The molecule has 1 aliphatic heterocycles. The molecule has 2 heterocycles. The van der Waals surface area contributed by atoms with Crippen LogP contribution < -0.4 is 10.0 Å². The zero-order valence-electron chi connectivity index (χ0n) is 12.8. The number of aromatic nitrogens is 1. The zero-order valence-corrected chi connectivity index (χ0v) is 14.4. The van der Waals surface area contributed by atoms with Crippen LogP contribution >= 0.6 is 11.6 Å². The van der Waals surface area contributed by atoms with Crippen molar-refractivity contribution in [1.82, 2.24) is 4.98 Å². The van der Waals surface area contributed by atoms with Crippen LogP contribution in [0.3, 0.4) is 0 Å². The smallest absolute Gasteiger partial charge is 0.263 e. The Kier molecular flexibility index (Phi) is 3.52. The maximum atomic E-state index is 12.9. The third-order valence-corrected chi connectivity index (χ3v) is 6.41. The van der Waals surface area contributed by atoms with Gasteiger partial charge in [0.2, 0.25) is 5.95 Å². The summed E-state index contributed by atoms with van der Waals surface area (Å²) in [6.07, 6.45) is 2.15. The molecule has 0 saturated heterocycles. The number of Topliss-reactive ketones (excluding diaryl/α,β-unsaturated/α-hetero) is 1. The number of benzene rings is 1. The highest BCUT2D eigenvalue weighted by Gasteiger charge is 2.52. The Bertz CT molecular complexity index is 994. The molecule has 0 radical (unpaired) electrons. The number of halogens is 2. The number of carbonyl (C=O) groups excluding carboxylic acids is 1. The summed E-state index contributed by atoms with van der Waals surface area (Å²) in [6.45, 7) is 0.471. The van der Waals surface area contributed by atoms with Gasteiger partial charge in [-0.15, -0.1) is 0 Å². The van der Waals surface area contributed by atoms with Gasteiger partial charge in [-0.25, -0.2) is 13.4 Å². The maximum Gasteiger partial charge on any atom is 0.263 e. The Morgan fingerprint density at radius 1 is 1.32 bits per heavy atom. The van der Waals surface area contributed by atoms with E-state index >= 15 is 0 Å². The van der Waals surface area contributed by atoms with Gasteiger partial charge in [0.1, 0.15) is 10.7 Å². The molecular formula is C16H13ClFN3O3S. The summed E-state index contributed by atoms with van der Waals surface area (Å²) in [5.74, 6) is -0.645. The summed E-state index contributed by atoms with van der Waals surface area (Å²) in [4.78, 5) is 15.3. The van der Waals surface area contributed by atoms with Gasteiger partial charge in [-0.2, -0.15) is 4.39 Å². The lowest BCUT2D eigenvalue weighted by Crippen LogP contribution is -2.46. The van der Waals surface area contributed by atoms with Gasteiger partial charge in [0.05, 0.1) is 28.0 Å². The highest BCUT2D eigenvalue weighted by molar-refractivity contribution is 7.92. The molecule has 1 atom stereocenters. The molecule has 0 amide bonds. The number of carbonyl (C=O) groups is 1. The van der Waals surface area contributed by atoms with Gasteiger partial charge in [0.15, 0.2) is 0 Å². The molecule has 0 bridgehead atoms. The first-order valence-electron chi connectivity index (χ1n) is 7.57. The van der Waals surface area contributed by atoms with Crippen molar-refractivity contribution in [3.05, 3.63) is 47.0 Å². The molecule has 9 heteroatoms. The van der Waals surface area contributed by atoms with Crippen LogP contribution in [0.4, 0.5) is 15.8 Å². The van der Waals surface area contributed by atoms with E-state index in [1.807, 2.05) is 0 Å². The van der Waals surface area contributed by atoms with Gasteiger partial charge in [-0.1, -0.05) is 11.6 Å². The van der Waals surface area contributed by atoms with Crippen LogP contribution in [0.25, 0.3) is 0 Å². The van der Waals surface area contributed by atoms with E-state index < -0.39 is 21.4 Å². The maximum absolute atomic E-state index is 12.9. The Morgan fingerprint density at radius 3 is 2.72 bits per heavy atom. The lowest BCUT2D eigenvalue weighted by atomic mass is 9.64. The molecule has 1 aromatic heterocycles. The predicted molar refractivity (Wildman–Crippen MR) is 90.9 cm³/mol. The molecule has 1 fully saturated rings. The molecule has 1 aromatic carbocycles. The molecule has 4 rings (SSSR count). The normalized spacial score (nSPS) is 21.6. The van der Waals surface area contributed by atoms with Gasteiger partial charge in [-0.3, -0.25) is 9.52 Å². The minimum absolute atomic E-state index is 0.123. The quantitative estimate of drug-likeness (QED) is 0.798. The third-order valence-electron chi connectivity index (χ3n) is 4.75. The fraction of sp³-hybridized carbons (Fsp3) is 0.250. The molecule has 6 nitrogen and oxygen atoms in total. The Balaban J connectivity index is 1.72. The van der Waals surface area contributed by atoms with Gasteiger partial charge in [0.25, 0.3) is 10.0 Å². The lowest BCUT2D eigenvalue weighted by molar-refractivity contribution is -0.130. The number of nitrogens with one attached hydrogen (secondary N) is 2. The predicted octanol–water partition coefficient (Wildman–Crippen LogP) is 2.70. The van der Waals surface area contributed by atoms with Crippen molar-refractivity contribution in [2.45, 2.75) is 23.2 Å². The number of fused-ring (bicyclic) bond motifs is 2. The van der Waals surface area contributed by atoms with E-state index in [0.717, 1.165) is 18.3 Å². The highest BCUT2D eigenvalue weighted by atomic mass is 35.5. The Morgan fingerprint density at radius 2 is 2.12 bits per heavy atom. The van der Waals surface area contributed by atoms with Gasteiger partial charge >= 0.3 is 0 Å². The second-order valence-electron chi connectivity index (χ2n) is 6.16. The van der Waals surface area contributed by atoms with Crippen LogP contribution in [-0.2, 0) is 20.2 Å². The molecule has 130 valence electrons. The standard InChI is InChI=1S/C16H13ClFN3O3S/c17-12-6-9(21-25(23,24)10-1-2-14(18)19-7-10)5-11-15(12)20-8-16(11)4-3-13(16)22/h1-2,5-7,20-21H,3-4,8H2. The van der Waals surface area contributed by atoms with Crippen LogP contribution in [0.15, 0.2) is 35.4 Å². The summed E-state index contributed by atoms with van der Waals surface area (Å²) >= 11 is 6.26. The van der Waals surface area contributed by atoms with Gasteiger partial charge in [-0.05, 0) is 36.2 Å². The van der Waals surface area contributed by atoms with E-state index in [0.29, 0.717) is 35.7 Å². The van der Waals surface area contributed by atoms with Crippen LogP contribution in [0, 0.1) is 5.95 Å². The third kappa shape index (κ3) is 2.47. The Hall–Kier alpha value is -2.19. The summed E-state index contributed by atoms with van der Waals surface area (Å²) in [6, 6.07) is 5.20. The van der Waals surface area contributed by atoms with E-state index in [1.54, 1.807) is 6.07 Å². The van der Waals surface area contributed by atoms with Crippen molar-refractivity contribution in [3.8, 4) is 0 Å². The number of rotatable bonds is 3. The second kappa shape index (κ2) is 5.40. The molecule has 1 unspecified atom stereocenters. The first-order valence-corrected chi connectivity index (χ1v) is 9.43. The summed E-state index contributed by atoms with van der Waals surface area (Å²) in [7, 11) is -3.95. The van der Waals surface area contributed by atoms with Crippen LogP contribution in [0.1, 0.15) is 18.4 Å². The minimum Gasteiger partial charge on any atom is -0.382 e. The highest BCUT2D eigenvalue weighted by Crippen LogP contribution is 2.50. The average Bonchev–Trinajstić information content (AvgIpc) is 2.95. The van der Waals surface area contributed by atoms with Crippen LogP contribution in [0.2, 0.25) is 5.02 Å². The lowest BCUT2D eigenvalue weighted by Gasteiger charge is -2.36. The van der Waals surface area contributed by atoms with Crippen molar-refractivity contribution in [1.29, 1.82) is 0 Å². The number of hydrogen-bond acceptors (Lipinski definition) is 5. The number of anilines is 2. The van der Waals surface area contributed by atoms with Crippen molar-refractivity contribution in [3.63, 3.8) is 0 Å². The van der Waals surface area contributed by atoms with E-state index in [2.05, 4.69) is 15.0 Å². The molecule has 2 aromatic rings. The average molecular weight is 382 g/mol. The fourth-order valence-electron chi connectivity index (χ4n) is 3.29. The number of ketones is 1. The van der Waals surface area contributed by atoms with E-state index in [4.69, 9.17) is 11.6 Å². The monoisotopic (exact) mass is 381 g/mol. The zero-order chi connectivity index (χ0) is 17.8. The summed E-state index contributed by atoms with van der Waals surface area (Å²) in [5.41, 5.74) is 1.01. The number of pyridine rings is 1. The topological polar surface area (TPSA) is 88.2 Å². The summed E-state index contributed by atoms with van der Waals surface area (Å²) in [5, 5.41) is 3.47. The molecule has 1 aliphatic carbocycles. The molecule has 1 saturated carbocycles. The first-order chi connectivity index (χ1) is 11.8. The molecular weight excluding hydrogens is 369 g/mol. The van der Waals surface area contributed by atoms with Crippen molar-refractivity contribution >= 4 is 38.8 Å². The van der Waals surface area contributed by atoms with Crippen molar-refractivity contribution in [2.24, 2.45) is 0 Å². The van der Waals surface area contributed by atoms with Gasteiger partial charge < -0.3 is 5.32 Å². The summed E-state index contributed by atoms with van der Waals surface area (Å²) < 4.78 is 40.2. The van der Waals surface area contributed by atoms with Gasteiger partial charge in [0, 0.05) is 13.0 Å². The van der Waals surface area contributed by atoms with Crippen molar-refractivity contribution < 1.29 is 17.6 Å². The van der Waals surface area contributed by atoms with Crippen molar-refractivity contribution in [2.75, 3.05) is 16.6 Å². The molecule has 1 spiro atoms. The van der Waals surface area contributed by atoms with Crippen LogP contribution in [0.5, 0.6) is 0 Å². The number of sulfonamides is 1. The minimum atomic E-state index is -3.95. The number of nitrogens with zero attached hydrogens (tertiary/aromatic N) is 1. The van der Waals surface area contributed by atoms with E-state index in [1.165, 1.54) is 6.07 Å². The van der Waals surface area contributed by atoms with E-state index in [-0.39, 0.29) is 16.4 Å². The molecule has 2 N–H and O–H groups in total. The number of hydrogen-bond donors (Lipinski definition) is 2. The molecule has 2 aliphatic rings. The second-order valence-corrected chi connectivity index (χ2v) is 8.25. The SMILES string of the molecule is O=C1CCC12CNc1c(Cl)cc(NS(=O)(=O)c3ccc(F)nc3)cc12. The largest absolute Gasteiger partial charge is 0.382 e.